The molecule has 0 bridgehead atoms. The molecule has 1 saturated heterocycles. The van der Waals surface area contributed by atoms with Gasteiger partial charge in [0.1, 0.15) is 11.4 Å². The molecule has 2 aliphatic rings. The largest absolute Gasteiger partial charge is 0.419 e. The number of ether oxygens (including phenoxy) is 1. The Bertz CT molecular complexity index is 819. The number of hydrogen-bond acceptors (Lipinski definition) is 5. The molecule has 6 nitrogen and oxygen atoms in total. The van der Waals surface area contributed by atoms with Gasteiger partial charge in [0.2, 0.25) is 0 Å². The summed E-state index contributed by atoms with van der Waals surface area (Å²) in [5.41, 5.74) is 5.65. The number of alkyl halides is 3. The lowest BCUT2D eigenvalue weighted by Gasteiger charge is -2.34. The average molecular weight is 353 g/mol. The highest BCUT2D eigenvalue weighted by atomic mass is 19.4. The first-order chi connectivity index (χ1) is 11.8. The van der Waals surface area contributed by atoms with Crippen molar-refractivity contribution >= 4 is 5.82 Å². The minimum atomic E-state index is -4.55. The molecule has 1 atom stereocenters. The summed E-state index contributed by atoms with van der Waals surface area (Å²) in [5, 5.41) is 4.49. The molecule has 1 fully saturated rings. The van der Waals surface area contributed by atoms with E-state index in [2.05, 4.69) is 15.0 Å². The van der Waals surface area contributed by atoms with Crippen LogP contribution in [0, 0.1) is 0 Å². The van der Waals surface area contributed by atoms with Crippen molar-refractivity contribution in [2.24, 2.45) is 0 Å². The van der Waals surface area contributed by atoms with Gasteiger partial charge in [0.05, 0.1) is 30.1 Å². The molecule has 4 rings (SSSR count). The number of hydrogen-bond donors (Lipinski definition) is 1. The topological polar surface area (TPSA) is 69.2 Å². The molecular weight excluding hydrogens is 335 g/mol. The molecule has 25 heavy (non-hydrogen) atoms. The zero-order valence-corrected chi connectivity index (χ0v) is 13.7. The number of anilines is 1. The number of nitrogens with zero attached hydrogens (tertiary/aromatic N) is 4. The summed E-state index contributed by atoms with van der Waals surface area (Å²) in [6, 6.07) is 2.82. The monoisotopic (exact) mass is 353 g/mol. The van der Waals surface area contributed by atoms with E-state index in [1.807, 2.05) is 17.8 Å². The lowest BCUT2D eigenvalue weighted by atomic mass is 9.96. The van der Waals surface area contributed by atoms with Crippen LogP contribution in [0.2, 0.25) is 0 Å². The smallest absolute Gasteiger partial charge is 0.383 e. The van der Waals surface area contributed by atoms with Crippen LogP contribution in [0.3, 0.4) is 0 Å². The first-order valence-corrected chi connectivity index (χ1v) is 8.02. The molecule has 0 amide bonds. The van der Waals surface area contributed by atoms with Crippen LogP contribution in [-0.2, 0) is 23.1 Å². The van der Waals surface area contributed by atoms with Crippen LogP contribution in [-0.4, -0.2) is 46.4 Å². The van der Waals surface area contributed by atoms with E-state index in [9.17, 15) is 13.2 Å². The summed E-state index contributed by atoms with van der Waals surface area (Å²) < 4.78 is 47.1. The fourth-order valence-electron chi connectivity index (χ4n) is 3.63. The van der Waals surface area contributed by atoms with Crippen molar-refractivity contribution in [3.8, 4) is 11.3 Å². The van der Waals surface area contributed by atoms with Crippen molar-refractivity contribution < 1.29 is 17.9 Å². The van der Waals surface area contributed by atoms with Crippen molar-refractivity contribution in [3.05, 3.63) is 29.6 Å². The number of rotatable bonds is 1. The maximum Gasteiger partial charge on any atom is 0.419 e. The fourth-order valence-corrected chi connectivity index (χ4v) is 3.63. The highest BCUT2D eigenvalue weighted by Gasteiger charge is 2.44. The van der Waals surface area contributed by atoms with Crippen LogP contribution < -0.4 is 5.73 Å². The van der Waals surface area contributed by atoms with Gasteiger partial charge in [0, 0.05) is 24.8 Å². The Kier molecular flexibility index (Phi) is 3.55. The second-order valence-electron chi connectivity index (χ2n) is 6.62. The van der Waals surface area contributed by atoms with Crippen LogP contribution in [0.1, 0.15) is 17.7 Å². The SMILES string of the molecule is CN1CCC2(C1)OCCn1nc(-c3cnc(N)c(C(F)(F)F)c3)cc12. The Balaban J connectivity index is 1.77. The minimum absolute atomic E-state index is 0.296. The number of likely N-dealkylation sites (tertiary alicyclic amines) is 1. The molecule has 9 heteroatoms. The Morgan fingerprint density at radius 2 is 2.08 bits per heavy atom. The summed E-state index contributed by atoms with van der Waals surface area (Å²) >= 11 is 0. The van der Waals surface area contributed by atoms with Gasteiger partial charge in [-0.25, -0.2) is 4.98 Å². The Morgan fingerprint density at radius 3 is 2.76 bits per heavy atom. The van der Waals surface area contributed by atoms with E-state index in [4.69, 9.17) is 10.5 Å². The zero-order chi connectivity index (χ0) is 17.8. The van der Waals surface area contributed by atoms with E-state index >= 15 is 0 Å². The highest BCUT2D eigenvalue weighted by molar-refractivity contribution is 5.63. The molecule has 2 N–H and O–H groups in total. The fraction of sp³-hybridized carbons (Fsp3) is 0.500. The van der Waals surface area contributed by atoms with Gasteiger partial charge >= 0.3 is 6.18 Å². The number of pyridine rings is 1. The number of fused-ring (bicyclic) bond motifs is 2. The summed E-state index contributed by atoms with van der Waals surface area (Å²) in [4.78, 5) is 5.87. The van der Waals surface area contributed by atoms with E-state index in [-0.39, 0.29) is 0 Å². The van der Waals surface area contributed by atoms with Crippen LogP contribution in [0.5, 0.6) is 0 Å². The molecule has 1 spiro atoms. The highest BCUT2D eigenvalue weighted by Crippen LogP contribution is 2.40. The van der Waals surface area contributed by atoms with E-state index in [1.54, 1.807) is 0 Å². The average Bonchev–Trinajstić information content (AvgIpc) is 3.12. The lowest BCUT2D eigenvalue weighted by molar-refractivity contribution is -0.137. The van der Waals surface area contributed by atoms with Crippen LogP contribution in [0.4, 0.5) is 19.0 Å². The molecule has 0 aromatic carbocycles. The molecule has 2 aromatic rings. The quantitative estimate of drug-likeness (QED) is 0.850. The zero-order valence-electron chi connectivity index (χ0n) is 13.7. The molecule has 2 aromatic heterocycles. The maximum absolute atomic E-state index is 13.1. The number of likely N-dealkylation sites (N-methyl/N-ethyl adjacent to an activating group) is 1. The van der Waals surface area contributed by atoms with Gasteiger partial charge in [-0.15, -0.1) is 0 Å². The molecule has 0 radical (unpaired) electrons. The summed E-state index contributed by atoms with van der Waals surface area (Å²) in [7, 11) is 2.02. The Hall–Kier alpha value is -2.13. The number of aromatic nitrogens is 3. The first kappa shape index (κ1) is 16.3. The molecule has 0 aliphatic carbocycles. The molecule has 134 valence electrons. The predicted octanol–water partition coefficient (Wildman–Crippen LogP) is 2.11. The van der Waals surface area contributed by atoms with E-state index in [1.165, 1.54) is 6.20 Å². The first-order valence-electron chi connectivity index (χ1n) is 8.02. The summed E-state index contributed by atoms with van der Waals surface area (Å²) in [5.74, 6) is -0.530. The second kappa shape index (κ2) is 5.43. The van der Waals surface area contributed by atoms with Crippen molar-refractivity contribution in [2.75, 3.05) is 32.5 Å². The van der Waals surface area contributed by atoms with Crippen molar-refractivity contribution in [3.63, 3.8) is 0 Å². The summed E-state index contributed by atoms with van der Waals surface area (Å²) in [6.07, 6.45) is -2.39. The van der Waals surface area contributed by atoms with Gasteiger partial charge in [-0.3, -0.25) is 4.68 Å². The van der Waals surface area contributed by atoms with Gasteiger partial charge in [-0.2, -0.15) is 18.3 Å². The molecular formula is C16H18F3N5O. The van der Waals surface area contributed by atoms with Gasteiger partial charge in [-0.05, 0) is 25.6 Å². The van der Waals surface area contributed by atoms with E-state index < -0.39 is 23.2 Å². The van der Waals surface area contributed by atoms with Gasteiger partial charge in [0.25, 0.3) is 0 Å². The minimum Gasteiger partial charge on any atom is -0.383 e. The van der Waals surface area contributed by atoms with Crippen molar-refractivity contribution in [1.29, 1.82) is 0 Å². The van der Waals surface area contributed by atoms with Crippen LogP contribution >= 0.6 is 0 Å². The van der Waals surface area contributed by atoms with Crippen LogP contribution in [0.25, 0.3) is 11.3 Å². The van der Waals surface area contributed by atoms with Crippen molar-refractivity contribution in [2.45, 2.75) is 24.7 Å². The second-order valence-corrected chi connectivity index (χ2v) is 6.62. The normalized spacial score (nSPS) is 24.0. The predicted molar refractivity (Wildman–Crippen MR) is 84.6 cm³/mol. The van der Waals surface area contributed by atoms with Gasteiger partial charge in [0.15, 0.2) is 0 Å². The molecule has 4 heterocycles. The Labute approximate surface area is 142 Å². The van der Waals surface area contributed by atoms with E-state index in [0.717, 1.165) is 31.3 Å². The van der Waals surface area contributed by atoms with E-state index in [0.29, 0.717) is 24.4 Å². The standard InChI is InChI=1S/C16H18F3N5O/c1-23-3-2-15(9-23)13-7-12(22-24(13)4-5-25-15)10-6-11(16(17,18)19)14(20)21-8-10/h6-8H,2-5,9H2,1H3,(H2,20,21). The van der Waals surface area contributed by atoms with Gasteiger partial charge in [-0.1, -0.05) is 0 Å². The third kappa shape index (κ3) is 2.67. The third-order valence-electron chi connectivity index (χ3n) is 4.87. The third-order valence-corrected chi connectivity index (χ3v) is 4.87. The number of nitrogens with two attached hydrogens (primary N) is 1. The van der Waals surface area contributed by atoms with Crippen molar-refractivity contribution in [1.82, 2.24) is 19.7 Å². The van der Waals surface area contributed by atoms with Gasteiger partial charge < -0.3 is 15.4 Å². The maximum atomic E-state index is 13.1. The molecule has 2 aliphatic heterocycles. The molecule has 0 saturated carbocycles. The lowest BCUT2D eigenvalue weighted by Crippen LogP contribution is -2.40. The number of halogens is 3. The Morgan fingerprint density at radius 1 is 1.28 bits per heavy atom. The van der Waals surface area contributed by atoms with Crippen LogP contribution in [0.15, 0.2) is 18.3 Å². The summed E-state index contributed by atoms with van der Waals surface area (Å²) in [6.45, 7) is 2.76. The number of nitrogen functional groups attached to an aromatic ring is 1. The molecule has 1 unspecified atom stereocenters.